The van der Waals surface area contributed by atoms with Crippen molar-refractivity contribution in [3.05, 3.63) is 33.4 Å². The van der Waals surface area contributed by atoms with Crippen LogP contribution < -0.4 is 0 Å². The molecule has 0 aromatic heterocycles. The summed E-state index contributed by atoms with van der Waals surface area (Å²) in [5.41, 5.74) is -4.71. The van der Waals surface area contributed by atoms with Crippen molar-refractivity contribution in [2.45, 2.75) is 4.83 Å². The Morgan fingerprint density at radius 2 is 0.688 bits per heavy atom. The SMILES string of the molecule is COC(=O)C1=C(C(=O)OC)C(C(=O)OC)=C(C(=O)OC)C(Br)C(C(=O)OC)=C1C(=O)OC. The van der Waals surface area contributed by atoms with Crippen molar-refractivity contribution in [2.75, 3.05) is 42.7 Å². The van der Waals surface area contributed by atoms with Gasteiger partial charge in [0.2, 0.25) is 0 Å². The van der Waals surface area contributed by atoms with E-state index in [1.807, 2.05) is 0 Å². The van der Waals surface area contributed by atoms with Gasteiger partial charge in [-0.15, -0.1) is 0 Å². The molecule has 0 heterocycles. The maximum absolute atomic E-state index is 12.8. The van der Waals surface area contributed by atoms with E-state index in [1.54, 1.807) is 0 Å². The zero-order chi connectivity index (χ0) is 24.7. The Labute approximate surface area is 190 Å². The second-order valence-corrected chi connectivity index (χ2v) is 6.56. The van der Waals surface area contributed by atoms with Crippen LogP contribution in [0.3, 0.4) is 0 Å². The number of ether oxygens (including phenoxy) is 6. The smallest absolute Gasteiger partial charge is 0.339 e. The highest BCUT2D eigenvalue weighted by Gasteiger charge is 2.47. The minimum atomic E-state index is -1.60. The normalized spacial score (nSPS) is 14.3. The maximum atomic E-state index is 12.8. The fourth-order valence-corrected chi connectivity index (χ4v) is 3.62. The Bertz CT molecular complexity index is 893. The van der Waals surface area contributed by atoms with Gasteiger partial charge >= 0.3 is 35.8 Å². The molecule has 0 N–H and O–H groups in total. The van der Waals surface area contributed by atoms with Crippen molar-refractivity contribution in [1.82, 2.24) is 0 Å². The molecule has 0 saturated carbocycles. The molecule has 0 aliphatic heterocycles. The van der Waals surface area contributed by atoms with E-state index in [9.17, 15) is 28.8 Å². The van der Waals surface area contributed by atoms with Gasteiger partial charge in [0.05, 0.1) is 80.9 Å². The molecule has 0 fully saturated rings. The largest absolute Gasteiger partial charge is 0.466 e. The number of carbonyl (C=O) groups excluding carboxylic acids is 6. The van der Waals surface area contributed by atoms with E-state index in [-0.39, 0.29) is 0 Å². The molecule has 32 heavy (non-hydrogen) atoms. The van der Waals surface area contributed by atoms with Crippen molar-refractivity contribution in [3.63, 3.8) is 0 Å². The van der Waals surface area contributed by atoms with Crippen LogP contribution in [0.5, 0.6) is 0 Å². The number of rotatable bonds is 6. The van der Waals surface area contributed by atoms with Gasteiger partial charge in [-0.05, 0) is 0 Å². The van der Waals surface area contributed by atoms with Crippen LogP contribution in [0.1, 0.15) is 0 Å². The van der Waals surface area contributed by atoms with Gasteiger partial charge in [-0.2, -0.15) is 0 Å². The number of halogens is 1. The van der Waals surface area contributed by atoms with Crippen LogP contribution in [-0.2, 0) is 57.2 Å². The van der Waals surface area contributed by atoms with Crippen molar-refractivity contribution >= 4 is 51.7 Å². The van der Waals surface area contributed by atoms with E-state index >= 15 is 0 Å². The third-order valence-electron chi connectivity index (χ3n) is 4.16. The van der Waals surface area contributed by atoms with Crippen LogP contribution in [0, 0.1) is 0 Å². The van der Waals surface area contributed by atoms with E-state index in [0.29, 0.717) is 0 Å². The summed E-state index contributed by atoms with van der Waals surface area (Å²) in [7, 11) is 5.61. The zero-order valence-corrected chi connectivity index (χ0v) is 19.4. The minimum Gasteiger partial charge on any atom is -0.466 e. The summed E-state index contributed by atoms with van der Waals surface area (Å²) in [6.45, 7) is 0. The van der Waals surface area contributed by atoms with E-state index in [0.717, 1.165) is 42.7 Å². The van der Waals surface area contributed by atoms with Crippen LogP contribution >= 0.6 is 15.9 Å². The van der Waals surface area contributed by atoms with Crippen LogP contribution in [0.25, 0.3) is 0 Å². The Balaban J connectivity index is 4.58. The molecule has 0 radical (unpaired) electrons. The first-order valence-electron chi connectivity index (χ1n) is 8.44. The molecule has 0 atom stereocenters. The van der Waals surface area contributed by atoms with Crippen molar-refractivity contribution in [2.24, 2.45) is 0 Å². The number of methoxy groups -OCH3 is 6. The highest BCUT2D eigenvalue weighted by Crippen LogP contribution is 2.40. The molecule has 12 nitrogen and oxygen atoms in total. The predicted molar refractivity (Wildman–Crippen MR) is 106 cm³/mol. The minimum absolute atomic E-state index is 0.652. The van der Waals surface area contributed by atoms with E-state index in [4.69, 9.17) is 9.47 Å². The van der Waals surface area contributed by atoms with Crippen LogP contribution in [0.2, 0.25) is 0 Å². The summed E-state index contributed by atoms with van der Waals surface area (Å²) in [5.74, 6) is -7.64. The molecule has 1 aliphatic carbocycles. The first kappa shape index (κ1) is 26.6. The van der Waals surface area contributed by atoms with Gasteiger partial charge in [-0.3, -0.25) is 0 Å². The van der Waals surface area contributed by atoms with Crippen LogP contribution in [-0.4, -0.2) is 83.3 Å². The van der Waals surface area contributed by atoms with Gasteiger partial charge in [0.15, 0.2) is 0 Å². The monoisotopic (exact) mass is 518 g/mol. The molecular formula is C19H19BrO12. The molecule has 0 bridgehead atoms. The van der Waals surface area contributed by atoms with E-state index < -0.39 is 74.1 Å². The molecule has 0 saturated heterocycles. The highest BCUT2D eigenvalue weighted by molar-refractivity contribution is 9.09. The Kier molecular flexibility index (Phi) is 9.32. The number of esters is 6. The van der Waals surface area contributed by atoms with E-state index in [2.05, 4.69) is 34.9 Å². The summed E-state index contributed by atoms with van der Waals surface area (Å²) in [6.07, 6.45) is 0. The number of alkyl halides is 1. The molecule has 0 unspecified atom stereocenters. The molecule has 1 rings (SSSR count). The molecule has 13 heteroatoms. The quantitative estimate of drug-likeness (QED) is 0.257. The lowest BCUT2D eigenvalue weighted by molar-refractivity contribution is -0.142. The first-order chi connectivity index (χ1) is 15.1. The third kappa shape index (κ3) is 4.72. The lowest BCUT2D eigenvalue weighted by Gasteiger charge is -2.17. The van der Waals surface area contributed by atoms with Crippen molar-refractivity contribution < 1.29 is 57.2 Å². The number of hydrogen-bond acceptors (Lipinski definition) is 12. The lowest BCUT2D eigenvalue weighted by atomic mass is 9.93. The van der Waals surface area contributed by atoms with Crippen LogP contribution in [0.4, 0.5) is 0 Å². The molecule has 0 amide bonds. The average Bonchev–Trinajstić information content (AvgIpc) is 2.93. The Morgan fingerprint density at radius 1 is 0.469 bits per heavy atom. The topological polar surface area (TPSA) is 158 Å². The summed E-state index contributed by atoms with van der Waals surface area (Å²) >= 11 is 3.06. The summed E-state index contributed by atoms with van der Waals surface area (Å²) in [6, 6.07) is 0. The second kappa shape index (κ2) is 11.2. The third-order valence-corrected chi connectivity index (χ3v) is 5.08. The second-order valence-electron chi connectivity index (χ2n) is 5.64. The number of hydrogen-bond donors (Lipinski definition) is 0. The van der Waals surface area contributed by atoms with Gasteiger partial charge in [-0.1, -0.05) is 15.9 Å². The molecule has 174 valence electrons. The number of carbonyl (C=O) groups is 6. The van der Waals surface area contributed by atoms with Gasteiger partial charge in [0.1, 0.15) is 0 Å². The predicted octanol–water partition coefficient (Wildman–Crippen LogP) is -0.309. The first-order valence-corrected chi connectivity index (χ1v) is 9.36. The van der Waals surface area contributed by atoms with Crippen LogP contribution in [0.15, 0.2) is 33.4 Å². The molecular weight excluding hydrogens is 500 g/mol. The maximum Gasteiger partial charge on any atom is 0.339 e. The van der Waals surface area contributed by atoms with Gasteiger partial charge in [0.25, 0.3) is 0 Å². The summed E-state index contributed by atoms with van der Waals surface area (Å²) in [4.78, 5) is 74.7. The van der Waals surface area contributed by atoms with Gasteiger partial charge in [-0.25, -0.2) is 28.8 Å². The Morgan fingerprint density at radius 3 is 0.906 bits per heavy atom. The van der Waals surface area contributed by atoms with Crippen molar-refractivity contribution in [3.8, 4) is 0 Å². The molecule has 1 aliphatic rings. The zero-order valence-electron chi connectivity index (χ0n) is 17.9. The fourth-order valence-electron chi connectivity index (χ4n) is 2.79. The average molecular weight is 519 g/mol. The van der Waals surface area contributed by atoms with E-state index in [1.165, 1.54) is 0 Å². The summed E-state index contributed by atoms with van der Waals surface area (Å²) < 4.78 is 28.1. The molecule has 0 aromatic rings. The molecule has 0 spiro atoms. The lowest BCUT2D eigenvalue weighted by Crippen LogP contribution is -2.27. The fraction of sp³-hybridized carbons (Fsp3) is 0.368. The molecule has 0 aromatic carbocycles. The van der Waals surface area contributed by atoms with Crippen molar-refractivity contribution in [1.29, 1.82) is 0 Å². The standard InChI is InChI=1S/C19H19BrO12/c1-27-14(21)7-8(15(22)28-2)10(17(24)30-4)12(19(26)32-6)13(20)11(18(25)31-5)9(7)16(23)29-3/h13H,1-6H3. The Hall–Kier alpha value is -3.48. The van der Waals surface area contributed by atoms with Gasteiger partial charge < -0.3 is 28.4 Å². The summed E-state index contributed by atoms with van der Waals surface area (Å²) in [5, 5.41) is 0. The van der Waals surface area contributed by atoms with Gasteiger partial charge in [0, 0.05) is 0 Å². The highest BCUT2D eigenvalue weighted by atomic mass is 79.9.